The molecule has 44 valence electrons. The van der Waals surface area contributed by atoms with Crippen molar-refractivity contribution in [3.63, 3.8) is 0 Å². The van der Waals surface area contributed by atoms with Crippen LogP contribution in [0.4, 0.5) is 0 Å². The van der Waals surface area contributed by atoms with Crippen LogP contribution in [-0.2, 0) is 0 Å². The molecule has 9 heavy (non-hydrogen) atoms. The molecule has 0 aliphatic heterocycles. The van der Waals surface area contributed by atoms with E-state index in [2.05, 4.69) is 38.1 Å². The standard InChI is InChI=1S/C8H10.Ca/c1-7-5-3-4-6-8(7)2;/h3-6H,1-2H3;. The topological polar surface area (TPSA) is 0 Å². The Morgan fingerprint density at radius 2 is 1.22 bits per heavy atom. The molecule has 0 aromatic heterocycles. The molecule has 0 spiro atoms. The summed E-state index contributed by atoms with van der Waals surface area (Å²) in [6, 6.07) is 8.36. The zero-order chi connectivity index (χ0) is 5.98. The third-order valence-corrected chi connectivity index (χ3v) is 1.43. The van der Waals surface area contributed by atoms with Crippen molar-refractivity contribution in [2.45, 2.75) is 13.8 Å². The largest absolute Gasteiger partial charge is 0.0620 e. The fourth-order valence-electron chi connectivity index (χ4n) is 0.663. The van der Waals surface area contributed by atoms with Crippen LogP contribution in [0.25, 0.3) is 0 Å². The van der Waals surface area contributed by atoms with Crippen molar-refractivity contribution in [3.8, 4) is 0 Å². The Labute approximate surface area is 86.3 Å². The average Bonchev–Trinajstić information content (AvgIpc) is 1.77. The van der Waals surface area contributed by atoms with Gasteiger partial charge in [-0.1, -0.05) is 24.3 Å². The summed E-state index contributed by atoms with van der Waals surface area (Å²) in [6.45, 7) is 4.24. The van der Waals surface area contributed by atoms with Gasteiger partial charge in [0.2, 0.25) is 0 Å². The smallest absolute Gasteiger partial charge is 0 e. The van der Waals surface area contributed by atoms with Crippen molar-refractivity contribution in [1.29, 1.82) is 0 Å². The Hall–Kier alpha value is 0.480. The van der Waals surface area contributed by atoms with Crippen LogP contribution in [0.5, 0.6) is 0 Å². The Balaban J connectivity index is 0.000000640. The number of hydrogen-bond donors (Lipinski definition) is 0. The summed E-state index contributed by atoms with van der Waals surface area (Å²) in [7, 11) is 0. The van der Waals surface area contributed by atoms with Crippen LogP contribution in [0.2, 0.25) is 0 Å². The van der Waals surface area contributed by atoms with Crippen LogP contribution in [0, 0.1) is 13.8 Å². The van der Waals surface area contributed by atoms with Crippen molar-refractivity contribution in [2.24, 2.45) is 0 Å². The minimum Gasteiger partial charge on any atom is -0.0620 e. The fraction of sp³-hybridized carbons (Fsp3) is 0.250. The number of aryl methyl sites for hydroxylation is 2. The van der Waals surface area contributed by atoms with Crippen molar-refractivity contribution in [3.05, 3.63) is 35.4 Å². The molecule has 0 fully saturated rings. The molecule has 1 rings (SSSR count). The predicted molar refractivity (Wildman–Crippen MR) is 41.7 cm³/mol. The number of hydrogen-bond acceptors (Lipinski definition) is 0. The van der Waals surface area contributed by atoms with Gasteiger partial charge < -0.3 is 0 Å². The SMILES string of the molecule is Cc1ccccc1C.[Ca]. The summed E-state index contributed by atoms with van der Waals surface area (Å²) in [4.78, 5) is 0. The maximum absolute atomic E-state index is 2.12. The second-order valence-electron chi connectivity index (χ2n) is 2.08. The second kappa shape index (κ2) is 4.32. The Morgan fingerprint density at radius 3 is 1.44 bits per heavy atom. The molecule has 0 nitrogen and oxygen atoms in total. The van der Waals surface area contributed by atoms with E-state index >= 15 is 0 Å². The van der Waals surface area contributed by atoms with Gasteiger partial charge in [-0.05, 0) is 25.0 Å². The summed E-state index contributed by atoms with van der Waals surface area (Å²) < 4.78 is 0. The van der Waals surface area contributed by atoms with E-state index in [-0.39, 0.29) is 37.7 Å². The molecular weight excluding hydrogens is 136 g/mol. The number of rotatable bonds is 0. The van der Waals surface area contributed by atoms with Gasteiger partial charge in [0.05, 0.1) is 0 Å². The molecule has 0 atom stereocenters. The maximum atomic E-state index is 2.12. The van der Waals surface area contributed by atoms with Crippen molar-refractivity contribution in [2.75, 3.05) is 0 Å². The summed E-state index contributed by atoms with van der Waals surface area (Å²) in [6.07, 6.45) is 0. The van der Waals surface area contributed by atoms with Gasteiger partial charge in [-0.15, -0.1) is 0 Å². The first-order valence-corrected chi connectivity index (χ1v) is 2.83. The molecule has 0 heterocycles. The minimum absolute atomic E-state index is 0. The molecule has 0 unspecified atom stereocenters. The Bertz CT molecular complexity index is 161. The van der Waals surface area contributed by atoms with Gasteiger partial charge in [-0.3, -0.25) is 0 Å². The molecule has 0 saturated heterocycles. The van der Waals surface area contributed by atoms with E-state index in [1.165, 1.54) is 11.1 Å². The second-order valence-corrected chi connectivity index (χ2v) is 2.08. The van der Waals surface area contributed by atoms with Crippen LogP contribution in [0.3, 0.4) is 0 Å². The first kappa shape index (κ1) is 9.48. The number of benzene rings is 1. The van der Waals surface area contributed by atoms with Crippen molar-refractivity contribution in [1.82, 2.24) is 0 Å². The third kappa shape index (κ3) is 2.70. The van der Waals surface area contributed by atoms with Crippen LogP contribution in [0.1, 0.15) is 11.1 Å². The molecule has 2 radical (unpaired) electrons. The van der Waals surface area contributed by atoms with E-state index in [0.717, 1.165) is 0 Å². The molecule has 0 saturated carbocycles. The van der Waals surface area contributed by atoms with Gasteiger partial charge in [0.25, 0.3) is 0 Å². The third-order valence-electron chi connectivity index (χ3n) is 1.43. The zero-order valence-electron chi connectivity index (χ0n) is 6.02. The van der Waals surface area contributed by atoms with Crippen LogP contribution >= 0.6 is 0 Å². The average molecular weight is 146 g/mol. The van der Waals surface area contributed by atoms with Gasteiger partial charge in [0.1, 0.15) is 0 Å². The predicted octanol–water partition coefficient (Wildman–Crippen LogP) is 1.92. The van der Waals surface area contributed by atoms with E-state index in [1.807, 2.05) is 0 Å². The van der Waals surface area contributed by atoms with E-state index in [9.17, 15) is 0 Å². The summed E-state index contributed by atoms with van der Waals surface area (Å²) in [5.74, 6) is 0. The van der Waals surface area contributed by atoms with Gasteiger partial charge in [-0.2, -0.15) is 0 Å². The van der Waals surface area contributed by atoms with Crippen LogP contribution in [0.15, 0.2) is 24.3 Å². The van der Waals surface area contributed by atoms with E-state index in [4.69, 9.17) is 0 Å². The molecule has 0 aliphatic carbocycles. The van der Waals surface area contributed by atoms with Crippen LogP contribution in [-0.4, -0.2) is 37.7 Å². The molecule has 0 bridgehead atoms. The molecule has 0 N–H and O–H groups in total. The summed E-state index contributed by atoms with van der Waals surface area (Å²) in [5.41, 5.74) is 2.74. The summed E-state index contributed by atoms with van der Waals surface area (Å²) >= 11 is 0. The molecule has 1 aromatic rings. The van der Waals surface area contributed by atoms with E-state index in [1.54, 1.807) is 0 Å². The molecule has 0 aliphatic rings. The normalized spacial score (nSPS) is 8.22. The van der Waals surface area contributed by atoms with Gasteiger partial charge in [0, 0.05) is 37.7 Å². The van der Waals surface area contributed by atoms with Crippen molar-refractivity contribution < 1.29 is 0 Å². The maximum Gasteiger partial charge on any atom is 0 e. The van der Waals surface area contributed by atoms with Crippen LogP contribution < -0.4 is 0 Å². The monoisotopic (exact) mass is 146 g/mol. The van der Waals surface area contributed by atoms with E-state index in [0.29, 0.717) is 0 Å². The first-order chi connectivity index (χ1) is 3.80. The molecular formula is C8H10Ca. The fourth-order valence-corrected chi connectivity index (χ4v) is 0.663. The Kier molecular flexibility index (Phi) is 4.55. The molecule has 1 heteroatoms. The van der Waals surface area contributed by atoms with Gasteiger partial charge in [0.15, 0.2) is 0 Å². The Morgan fingerprint density at radius 1 is 0.889 bits per heavy atom. The quantitative estimate of drug-likeness (QED) is 0.491. The zero-order valence-corrected chi connectivity index (χ0v) is 8.22. The summed E-state index contributed by atoms with van der Waals surface area (Å²) in [5, 5.41) is 0. The molecule has 0 amide bonds. The van der Waals surface area contributed by atoms with E-state index < -0.39 is 0 Å². The van der Waals surface area contributed by atoms with Gasteiger partial charge in [-0.25, -0.2) is 0 Å². The van der Waals surface area contributed by atoms with Gasteiger partial charge >= 0.3 is 0 Å². The first-order valence-electron chi connectivity index (χ1n) is 2.83. The minimum atomic E-state index is 0. The molecule has 1 aromatic carbocycles. The van der Waals surface area contributed by atoms with Crippen molar-refractivity contribution >= 4 is 37.7 Å².